The first-order valence-electron chi connectivity index (χ1n) is 9.91. The second-order valence-corrected chi connectivity index (χ2v) is 9.45. The Hall–Kier alpha value is -1.91. The van der Waals surface area contributed by atoms with Gasteiger partial charge in [0.1, 0.15) is 11.5 Å². The molecule has 0 aromatic carbocycles. The normalized spacial score (nSPS) is 19.5. The van der Waals surface area contributed by atoms with Crippen LogP contribution in [0.1, 0.15) is 19.0 Å². The summed E-state index contributed by atoms with van der Waals surface area (Å²) in [5.74, 6) is 1.79. The largest absolute Gasteiger partial charge is 0.378 e. The summed E-state index contributed by atoms with van der Waals surface area (Å²) in [6, 6.07) is 2.06. The first kappa shape index (κ1) is 19.4. The number of nitrogens with zero attached hydrogens (tertiary/aromatic N) is 5. The molecule has 0 bridgehead atoms. The zero-order chi connectivity index (χ0) is 19.7. The molecule has 0 amide bonds. The van der Waals surface area contributed by atoms with Gasteiger partial charge < -0.3 is 19.5 Å². The topological polar surface area (TPSA) is 94.7 Å². The Morgan fingerprint density at radius 2 is 1.79 bits per heavy atom. The molecule has 0 saturated carbocycles. The smallest absolute Gasteiger partial charge is 0.229 e. The summed E-state index contributed by atoms with van der Waals surface area (Å²) in [6.07, 6.45) is 0.639. The molecule has 10 heteroatoms. The van der Waals surface area contributed by atoms with Gasteiger partial charge in [0.05, 0.1) is 24.4 Å². The Morgan fingerprint density at radius 1 is 1.07 bits per heavy atom. The fourth-order valence-electron chi connectivity index (χ4n) is 3.82. The maximum Gasteiger partial charge on any atom is 0.229 e. The summed E-state index contributed by atoms with van der Waals surface area (Å²) in [6.45, 7) is 9.03. The van der Waals surface area contributed by atoms with Gasteiger partial charge in [-0.05, 0) is 19.4 Å². The molecule has 4 heterocycles. The maximum atomic E-state index is 12.4. The van der Waals surface area contributed by atoms with Crippen molar-refractivity contribution in [1.29, 1.82) is 0 Å². The van der Waals surface area contributed by atoms with Gasteiger partial charge in [-0.15, -0.1) is 0 Å². The van der Waals surface area contributed by atoms with E-state index in [0.717, 1.165) is 35.6 Å². The van der Waals surface area contributed by atoms with E-state index in [0.29, 0.717) is 51.8 Å². The van der Waals surface area contributed by atoms with Gasteiger partial charge in [0, 0.05) is 45.0 Å². The fourth-order valence-corrected chi connectivity index (χ4v) is 5.32. The first-order chi connectivity index (χ1) is 13.5. The molecule has 2 aromatic heterocycles. The molecule has 2 fully saturated rings. The Balaban J connectivity index is 1.61. The van der Waals surface area contributed by atoms with Crippen LogP contribution in [0.4, 0.5) is 11.8 Å². The number of fused-ring (bicyclic) bond motifs is 1. The number of anilines is 2. The number of rotatable bonds is 5. The molecule has 2 aliphatic rings. The second kappa shape index (κ2) is 7.84. The van der Waals surface area contributed by atoms with E-state index < -0.39 is 10.0 Å². The zero-order valence-electron chi connectivity index (χ0n) is 16.5. The molecule has 2 aromatic rings. The van der Waals surface area contributed by atoms with E-state index in [1.54, 1.807) is 4.31 Å². The van der Waals surface area contributed by atoms with Crippen molar-refractivity contribution in [3.8, 4) is 0 Å². The molecular formula is C18H28N6O3S. The van der Waals surface area contributed by atoms with E-state index in [-0.39, 0.29) is 5.75 Å². The average molecular weight is 409 g/mol. The summed E-state index contributed by atoms with van der Waals surface area (Å²) in [7, 11) is -3.16. The Bertz CT molecular complexity index is 930. The minimum atomic E-state index is -3.16. The number of ether oxygens (including phenoxy) is 1. The van der Waals surface area contributed by atoms with Crippen molar-refractivity contribution in [3.05, 3.63) is 11.8 Å². The summed E-state index contributed by atoms with van der Waals surface area (Å²) in [4.78, 5) is 17.3. The van der Waals surface area contributed by atoms with Crippen LogP contribution >= 0.6 is 0 Å². The van der Waals surface area contributed by atoms with E-state index in [4.69, 9.17) is 14.7 Å². The van der Waals surface area contributed by atoms with Gasteiger partial charge >= 0.3 is 0 Å². The lowest BCUT2D eigenvalue weighted by molar-refractivity contribution is 0.122. The van der Waals surface area contributed by atoms with Gasteiger partial charge in [0.25, 0.3) is 0 Å². The second-order valence-electron chi connectivity index (χ2n) is 7.36. The van der Waals surface area contributed by atoms with E-state index in [2.05, 4.69) is 20.9 Å². The van der Waals surface area contributed by atoms with Crippen LogP contribution in [0.5, 0.6) is 0 Å². The van der Waals surface area contributed by atoms with Crippen molar-refractivity contribution in [3.63, 3.8) is 0 Å². The fraction of sp³-hybridized carbons (Fsp3) is 0.667. The molecular weight excluding hydrogens is 380 g/mol. The highest BCUT2D eigenvalue weighted by Gasteiger charge is 2.28. The minimum absolute atomic E-state index is 0.211. The van der Waals surface area contributed by atoms with Crippen molar-refractivity contribution >= 4 is 32.8 Å². The molecule has 0 spiro atoms. The van der Waals surface area contributed by atoms with Crippen LogP contribution in [0, 0.1) is 6.92 Å². The molecule has 154 valence electrons. The number of sulfonamides is 1. The third-order valence-electron chi connectivity index (χ3n) is 5.28. The van der Waals surface area contributed by atoms with E-state index in [9.17, 15) is 8.42 Å². The van der Waals surface area contributed by atoms with Crippen LogP contribution in [-0.4, -0.2) is 85.9 Å². The van der Waals surface area contributed by atoms with Crippen LogP contribution < -0.4 is 9.80 Å². The van der Waals surface area contributed by atoms with Crippen molar-refractivity contribution in [1.82, 2.24) is 19.3 Å². The van der Waals surface area contributed by atoms with Crippen molar-refractivity contribution < 1.29 is 13.2 Å². The molecule has 0 unspecified atom stereocenters. The first-order valence-corrected chi connectivity index (χ1v) is 11.5. The van der Waals surface area contributed by atoms with Gasteiger partial charge in [-0.25, -0.2) is 8.42 Å². The molecule has 0 radical (unpaired) electrons. The van der Waals surface area contributed by atoms with Crippen molar-refractivity contribution in [2.45, 2.75) is 20.3 Å². The lowest BCUT2D eigenvalue weighted by atomic mass is 10.3. The van der Waals surface area contributed by atoms with Crippen LogP contribution in [0.25, 0.3) is 11.0 Å². The Kier molecular flexibility index (Phi) is 5.44. The number of aromatic amines is 1. The van der Waals surface area contributed by atoms with Gasteiger partial charge in [-0.3, -0.25) is 0 Å². The van der Waals surface area contributed by atoms with E-state index >= 15 is 0 Å². The number of hydrogen-bond donors (Lipinski definition) is 1. The number of nitrogens with one attached hydrogen (secondary N) is 1. The van der Waals surface area contributed by atoms with Gasteiger partial charge in [-0.2, -0.15) is 14.3 Å². The molecule has 9 nitrogen and oxygen atoms in total. The molecule has 1 N–H and O–H groups in total. The molecule has 2 aliphatic heterocycles. The highest BCUT2D eigenvalue weighted by molar-refractivity contribution is 7.89. The lowest BCUT2D eigenvalue weighted by Gasteiger charge is -2.35. The lowest BCUT2D eigenvalue weighted by Crippen LogP contribution is -2.49. The number of piperazine rings is 1. The summed E-state index contributed by atoms with van der Waals surface area (Å²) >= 11 is 0. The van der Waals surface area contributed by atoms with Crippen molar-refractivity contribution in [2.75, 3.05) is 68.0 Å². The van der Waals surface area contributed by atoms with Gasteiger partial charge in [0.2, 0.25) is 16.0 Å². The third-order valence-corrected chi connectivity index (χ3v) is 7.35. The minimum Gasteiger partial charge on any atom is -0.378 e. The highest BCUT2D eigenvalue weighted by Crippen LogP contribution is 2.28. The molecule has 2 saturated heterocycles. The quantitative estimate of drug-likeness (QED) is 0.787. The summed E-state index contributed by atoms with van der Waals surface area (Å²) in [5, 5.41) is 0.986. The molecule has 28 heavy (non-hydrogen) atoms. The number of aromatic nitrogens is 3. The summed E-state index contributed by atoms with van der Waals surface area (Å²) in [5.41, 5.74) is 1.86. The Labute approximate surface area is 165 Å². The maximum absolute atomic E-state index is 12.4. The third kappa shape index (κ3) is 3.81. The zero-order valence-corrected chi connectivity index (χ0v) is 17.3. The SMILES string of the molecule is CCCS(=O)(=O)N1CCN(c2nc(N3CCOCC3)nc3[nH]c(C)cc23)CC1. The van der Waals surface area contributed by atoms with Crippen LogP contribution in [0.2, 0.25) is 0 Å². The number of morpholine rings is 1. The average Bonchev–Trinajstić information content (AvgIpc) is 3.08. The van der Waals surface area contributed by atoms with E-state index in [1.165, 1.54) is 0 Å². The van der Waals surface area contributed by atoms with Crippen LogP contribution in [0.3, 0.4) is 0 Å². The van der Waals surface area contributed by atoms with Gasteiger partial charge in [-0.1, -0.05) is 6.92 Å². The van der Waals surface area contributed by atoms with Crippen LogP contribution in [0.15, 0.2) is 6.07 Å². The predicted octanol–water partition coefficient (Wildman–Crippen LogP) is 0.965. The van der Waals surface area contributed by atoms with Crippen molar-refractivity contribution in [2.24, 2.45) is 0 Å². The summed E-state index contributed by atoms with van der Waals surface area (Å²) < 4.78 is 31.8. The molecule has 0 atom stereocenters. The predicted molar refractivity (Wildman–Crippen MR) is 110 cm³/mol. The number of H-pyrrole nitrogens is 1. The van der Waals surface area contributed by atoms with Crippen LogP contribution in [-0.2, 0) is 14.8 Å². The molecule has 0 aliphatic carbocycles. The number of hydrogen-bond acceptors (Lipinski definition) is 7. The highest BCUT2D eigenvalue weighted by atomic mass is 32.2. The Morgan fingerprint density at radius 3 is 2.46 bits per heavy atom. The number of aryl methyl sites for hydroxylation is 1. The molecule has 4 rings (SSSR count). The van der Waals surface area contributed by atoms with Gasteiger partial charge in [0.15, 0.2) is 0 Å². The monoisotopic (exact) mass is 408 g/mol. The standard InChI is InChI=1S/C18H28N6O3S/c1-3-12-28(25,26)24-6-4-22(5-7-24)17-15-13-14(2)19-16(15)20-18(21-17)23-8-10-27-11-9-23/h13H,3-12H2,1-2H3,(H,19,20,21). The van der Waals surface area contributed by atoms with E-state index in [1.807, 2.05) is 13.8 Å².